The second-order valence-electron chi connectivity index (χ2n) is 4.80. The van der Waals surface area contributed by atoms with E-state index in [4.69, 9.17) is 15.2 Å². The molecule has 1 saturated carbocycles. The number of rotatable bonds is 5. The minimum Gasteiger partial charge on any atom is -0.497 e. The Balaban J connectivity index is 2.14. The summed E-state index contributed by atoms with van der Waals surface area (Å²) in [5, 5.41) is 2.91. The van der Waals surface area contributed by atoms with Gasteiger partial charge in [0.15, 0.2) is 0 Å². The summed E-state index contributed by atoms with van der Waals surface area (Å²) in [6, 6.07) is 3.30. The van der Waals surface area contributed by atoms with Crippen molar-refractivity contribution in [2.45, 2.75) is 19.3 Å². The number of benzene rings is 1. The zero-order valence-electron chi connectivity index (χ0n) is 11.4. The van der Waals surface area contributed by atoms with Crippen molar-refractivity contribution < 1.29 is 14.3 Å². The van der Waals surface area contributed by atoms with Gasteiger partial charge in [0.05, 0.1) is 25.5 Å². The zero-order chi connectivity index (χ0) is 13.8. The first kappa shape index (κ1) is 13.5. The average Bonchev–Trinajstić information content (AvgIpc) is 2.37. The van der Waals surface area contributed by atoms with E-state index >= 15 is 0 Å². The molecule has 1 amide bonds. The molecule has 2 rings (SSSR count). The molecule has 19 heavy (non-hydrogen) atoms. The lowest BCUT2D eigenvalue weighted by Crippen LogP contribution is -2.32. The van der Waals surface area contributed by atoms with Crippen LogP contribution < -0.4 is 20.5 Å². The number of methoxy groups -OCH3 is 2. The molecule has 0 aliphatic heterocycles. The van der Waals surface area contributed by atoms with Crippen LogP contribution in [0.25, 0.3) is 0 Å². The van der Waals surface area contributed by atoms with Crippen molar-refractivity contribution in [3.8, 4) is 11.5 Å². The van der Waals surface area contributed by atoms with E-state index in [2.05, 4.69) is 5.32 Å². The molecule has 1 aliphatic rings. The van der Waals surface area contributed by atoms with E-state index in [9.17, 15) is 4.79 Å². The lowest BCUT2D eigenvalue weighted by atomic mass is 9.85. The molecule has 1 aliphatic carbocycles. The molecule has 0 heterocycles. The first-order valence-corrected chi connectivity index (χ1v) is 6.45. The molecule has 0 radical (unpaired) electrons. The van der Waals surface area contributed by atoms with Gasteiger partial charge in [-0.15, -0.1) is 0 Å². The Morgan fingerprint density at radius 3 is 2.63 bits per heavy atom. The summed E-state index contributed by atoms with van der Waals surface area (Å²) in [4.78, 5) is 12.1. The van der Waals surface area contributed by atoms with E-state index in [1.165, 1.54) is 26.4 Å². The van der Waals surface area contributed by atoms with Gasteiger partial charge in [0.25, 0.3) is 5.91 Å². The fourth-order valence-electron chi connectivity index (χ4n) is 2.11. The molecule has 0 bridgehead atoms. The summed E-state index contributed by atoms with van der Waals surface area (Å²) < 4.78 is 10.3. The largest absolute Gasteiger partial charge is 0.497 e. The molecule has 0 spiro atoms. The third-order valence-corrected chi connectivity index (χ3v) is 3.59. The number of hydrogen-bond acceptors (Lipinski definition) is 4. The van der Waals surface area contributed by atoms with Crippen molar-refractivity contribution in [3.63, 3.8) is 0 Å². The highest BCUT2D eigenvalue weighted by molar-refractivity contribution is 6.00. The minimum atomic E-state index is -0.179. The highest BCUT2D eigenvalue weighted by Crippen LogP contribution is 2.31. The number of nitrogens with one attached hydrogen (secondary N) is 1. The zero-order valence-corrected chi connectivity index (χ0v) is 11.4. The van der Waals surface area contributed by atoms with Crippen molar-refractivity contribution >= 4 is 11.6 Å². The van der Waals surface area contributed by atoms with Crippen molar-refractivity contribution in [2.75, 3.05) is 26.5 Å². The fourth-order valence-corrected chi connectivity index (χ4v) is 2.11. The van der Waals surface area contributed by atoms with Crippen molar-refractivity contribution in [2.24, 2.45) is 5.92 Å². The predicted molar refractivity (Wildman–Crippen MR) is 73.6 cm³/mol. The van der Waals surface area contributed by atoms with Gasteiger partial charge in [-0.2, -0.15) is 0 Å². The second kappa shape index (κ2) is 5.82. The van der Waals surface area contributed by atoms with Crippen LogP contribution in [0.1, 0.15) is 29.6 Å². The normalized spacial score (nSPS) is 14.6. The van der Waals surface area contributed by atoms with E-state index in [1.54, 1.807) is 19.2 Å². The Hall–Kier alpha value is -1.91. The van der Waals surface area contributed by atoms with Gasteiger partial charge in [-0.25, -0.2) is 0 Å². The van der Waals surface area contributed by atoms with Crippen LogP contribution in [0.4, 0.5) is 5.69 Å². The summed E-state index contributed by atoms with van der Waals surface area (Å²) >= 11 is 0. The van der Waals surface area contributed by atoms with Gasteiger partial charge in [-0.05, 0) is 24.8 Å². The van der Waals surface area contributed by atoms with Gasteiger partial charge < -0.3 is 20.5 Å². The highest BCUT2D eigenvalue weighted by Gasteiger charge is 2.20. The van der Waals surface area contributed by atoms with Gasteiger partial charge in [-0.1, -0.05) is 6.42 Å². The topological polar surface area (TPSA) is 73.6 Å². The molecule has 104 valence electrons. The molecular weight excluding hydrogens is 244 g/mol. The molecule has 3 N–H and O–H groups in total. The summed E-state index contributed by atoms with van der Waals surface area (Å²) in [6.07, 6.45) is 3.64. The number of nitrogens with two attached hydrogens (primary N) is 1. The van der Waals surface area contributed by atoms with Crippen molar-refractivity contribution in [3.05, 3.63) is 17.7 Å². The van der Waals surface area contributed by atoms with E-state index in [1.807, 2.05) is 0 Å². The number of amides is 1. The van der Waals surface area contributed by atoms with Crippen LogP contribution in [0, 0.1) is 5.92 Å². The van der Waals surface area contributed by atoms with Gasteiger partial charge in [0.1, 0.15) is 11.5 Å². The van der Waals surface area contributed by atoms with Crippen molar-refractivity contribution in [1.29, 1.82) is 0 Å². The number of anilines is 1. The van der Waals surface area contributed by atoms with Crippen LogP contribution in [0.2, 0.25) is 0 Å². The molecule has 5 nitrogen and oxygen atoms in total. The lowest BCUT2D eigenvalue weighted by Gasteiger charge is -2.25. The second-order valence-corrected chi connectivity index (χ2v) is 4.80. The number of nitrogen functional groups attached to an aromatic ring is 1. The SMILES string of the molecule is COc1cc(OC)c(N)c(C(=O)NCC2CCC2)c1. The molecule has 0 saturated heterocycles. The van der Waals surface area contributed by atoms with Crippen LogP contribution in [-0.4, -0.2) is 26.7 Å². The molecule has 0 unspecified atom stereocenters. The van der Waals surface area contributed by atoms with E-state index in [-0.39, 0.29) is 5.91 Å². The lowest BCUT2D eigenvalue weighted by molar-refractivity contribution is 0.0939. The molecule has 1 fully saturated rings. The number of ether oxygens (including phenoxy) is 2. The van der Waals surface area contributed by atoms with Gasteiger partial charge >= 0.3 is 0 Å². The summed E-state index contributed by atoms with van der Waals surface area (Å²) in [5.74, 6) is 1.44. The molecular formula is C14H20N2O3. The highest BCUT2D eigenvalue weighted by atomic mass is 16.5. The van der Waals surface area contributed by atoms with Gasteiger partial charge in [0.2, 0.25) is 0 Å². The summed E-state index contributed by atoms with van der Waals surface area (Å²) in [6.45, 7) is 0.706. The Morgan fingerprint density at radius 2 is 2.11 bits per heavy atom. The van der Waals surface area contributed by atoms with E-state index in [0.717, 1.165) is 0 Å². The van der Waals surface area contributed by atoms with Crippen LogP contribution in [0.3, 0.4) is 0 Å². The van der Waals surface area contributed by atoms with Crippen LogP contribution in [0.5, 0.6) is 11.5 Å². The Kier molecular flexibility index (Phi) is 4.14. The Labute approximate surface area is 113 Å². The fraction of sp³-hybridized carbons (Fsp3) is 0.500. The maximum atomic E-state index is 12.1. The summed E-state index contributed by atoms with van der Waals surface area (Å²) in [5.41, 5.74) is 6.67. The van der Waals surface area contributed by atoms with Crippen molar-refractivity contribution in [1.82, 2.24) is 5.32 Å². The molecule has 5 heteroatoms. The maximum Gasteiger partial charge on any atom is 0.253 e. The van der Waals surface area contributed by atoms with Crippen LogP contribution >= 0.6 is 0 Å². The molecule has 1 aromatic carbocycles. The summed E-state index contributed by atoms with van der Waals surface area (Å²) in [7, 11) is 3.06. The minimum absolute atomic E-state index is 0.179. The van der Waals surface area contributed by atoms with Gasteiger partial charge in [0, 0.05) is 12.6 Å². The smallest absolute Gasteiger partial charge is 0.253 e. The van der Waals surface area contributed by atoms with Crippen LogP contribution in [-0.2, 0) is 0 Å². The number of hydrogen-bond donors (Lipinski definition) is 2. The first-order chi connectivity index (χ1) is 9.15. The first-order valence-electron chi connectivity index (χ1n) is 6.45. The monoisotopic (exact) mass is 264 g/mol. The average molecular weight is 264 g/mol. The Bertz CT molecular complexity index is 470. The Morgan fingerprint density at radius 1 is 1.37 bits per heavy atom. The number of carbonyl (C=O) groups is 1. The van der Waals surface area contributed by atoms with Crippen LogP contribution in [0.15, 0.2) is 12.1 Å². The predicted octanol–water partition coefficient (Wildman–Crippen LogP) is 1.82. The van der Waals surface area contributed by atoms with E-state index in [0.29, 0.717) is 35.2 Å². The van der Waals surface area contributed by atoms with E-state index < -0.39 is 0 Å². The molecule has 0 atom stereocenters. The number of carbonyl (C=O) groups excluding carboxylic acids is 1. The third kappa shape index (κ3) is 2.92. The maximum absolute atomic E-state index is 12.1. The van der Waals surface area contributed by atoms with Gasteiger partial charge in [-0.3, -0.25) is 4.79 Å². The standard InChI is InChI=1S/C14H20N2O3/c1-18-10-6-11(13(15)12(7-10)19-2)14(17)16-8-9-4-3-5-9/h6-7,9H,3-5,8,15H2,1-2H3,(H,16,17). The molecule has 1 aromatic rings. The third-order valence-electron chi connectivity index (χ3n) is 3.59. The quantitative estimate of drug-likeness (QED) is 0.795. The molecule has 0 aromatic heterocycles.